The molecule has 4 rings (SSSR count). The smallest absolute Gasteiger partial charge is 0.321 e. The summed E-state index contributed by atoms with van der Waals surface area (Å²) in [5.74, 6) is 1.50. The fraction of sp³-hybridized carbons (Fsp3) is 0.333. The van der Waals surface area contributed by atoms with Crippen LogP contribution in [0.3, 0.4) is 0 Å². The first-order valence-electron chi connectivity index (χ1n) is 11.4. The Hall–Kier alpha value is -3.74. The monoisotopic (exact) mass is 508 g/mol. The Labute approximate surface area is 212 Å². The summed E-state index contributed by atoms with van der Waals surface area (Å²) < 4.78 is 5.93. The minimum Gasteiger partial charge on any atom is -0.383 e. The minimum absolute atomic E-state index is 0.325. The average molecular weight is 509 g/mol. The van der Waals surface area contributed by atoms with E-state index in [4.69, 9.17) is 4.74 Å². The molecule has 0 saturated heterocycles. The van der Waals surface area contributed by atoms with Crippen LogP contribution >= 0.6 is 11.3 Å². The summed E-state index contributed by atoms with van der Waals surface area (Å²) in [6, 6.07) is 5.32. The van der Waals surface area contributed by atoms with E-state index in [0.717, 1.165) is 21.4 Å². The number of ether oxygens (including phenoxy) is 1. The van der Waals surface area contributed by atoms with Gasteiger partial charge >= 0.3 is 6.03 Å². The maximum Gasteiger partial charge on any atom is 0.321 e. The second-order valence-corrected chi connectivity index (χ2v) is 9.41. The van der Waals surface area contributed by atoms with Crippen molar-refractivity contribution < 1.29 is 14.6 Å². The van der Waals surface area contributed by atoms with Crippen molar-refractivity contribution in [2.75, 3.05) is 37.4 Å². The second kappa shape index (κ2) is 10.9. The van der Waals surface area contributed by atoms with E-state index in [2.05, 4.69) is 40.9 Å². The molecule has 2 amide bonds. The van der Waals surface area contributed by atoms with Crippen molar-refractivity contribution in [3.8, 4) is 22.5 Å². The largest absolute Gasteiger partial charge is 0.383 e. The number of anilines is 2. The molecule has 0 aliphatic heterocycles. The van der Waals surface area contributed by atoms with E-state index in [0.29, 0.717) is 47.8 Å². The zero-order valence-electron chi connectivity index (χ0n) is 20.5. The van der Waals surface area contributed by atoms with Crippen LogP contribution in [0.5, 0.6) is 0 Å². The lowest BCUT2D eigenvalue weighted by molar-refractivity contribution is 0.0687. The summed E-state index contributed by atoms with van der Waals surface area (Å²) in [5.41, 5.74) is 1.83. The van der Waals surface area contributed by atoms with Crippen molar-refractivity contribution in [2.45, 2.75) is 26.4 Å². The van der Waals surface area contributed by atoms with Crippen LogP contribution in [-0.2, 0) is 10.3 Å². The number of carbonyl (C=O) groups excluding carboxylic acids is 1. The topological polar surface area (TPSA) is 147 Å². The van der Waals surface area contributed by atoms with Crippen molar-refractivity contribution in [3.05, 3.63) is 42.6 Å². The highest BCUT2D eigenvalue weighted by Crippen LogP contribution is 2.37. The molecule has 0 saturated carbocycles. The van der Waals surface area contributed by atoms with E-state index in [1.54, 1.807) is 45.6 Å². The Balaban J connectivity index is 1.80. The van der Waals surface area contributed by atoms with Crippen molar-refractivity contribution >= 4 is 38.5 Å². The summed E-state index contributed by atoms with van der Waals surface area (Å²) in [7, 11) is 1.64. The standard InChI is InChI=1S/C24H28N8O3S/c1-5-25-22(33)32-23-30-17-11-14(15-12-28-21(29-13-15)24(2,3)34)10-16(19(17)36-23)20-27-7-6-18(31-20)26-8-9-35-4/h6-7,10-13,34H,5,8-9H2,1-4H3,(H,26,27,31)(H2,25,30,32,33). The molecule has 0 atom stereocenters. The zero-order valence-corrected chi connectivity index (χ0v) is 21.3. The third-order valence-corrected chi connectivity index (χ3v) is 6.11. The average Bonchev–Trinajstić information content (AvgIpc) is 3.25. The van der Waals surface area contributed by atoms with Gasteiger partial charge in [-0.3, -0.25) is 5.32 Å². The number of aliphatic hydroxyl groups is 1. The van der Waals surface area contributed by atoms with Crippen LogP contribution in [-0.4, -0.2) is 62.9 Å². The number of nitrogens with one attached hydrogen (secondary N) is 3. The van der Waals surface area contributed by atoms with Gasteiger partial charge in [0.2, 0.25) is 0 Å². The van der Waals surface area contributed by atoms with Gasteiger partial charge in [0, 0.05) is 49.9 Å². The number of carbonyl (C=O) groups is 1. The van der Waals surface area contributed by atoms with E-state index in [1.165, 1.54) is 11.3 Å². The lowest BCUT2D eigenvalue weighted by Gasteiger charge is -2.15. The first-order chi connectivity index (χ1) is 17.3. The van der Waals surface area contributed by atoms with Gasteiger partial charge in [-0.05, 0) is 44.5 Å². The molecule has 3 heterocycles. The number of fused-ring (bicyclic) bond motifs is 1. The summed E-state index contributed by atoms with van der Waals surface area (Å²) in [6.45, 7) is 6.77. The molecule has 0 unspecified atom stereocenters. The van der Waals surface area contributed by atoms with Gasteiger partial charge in [0.25, 0.3) is 0 Å². The molecule has 0 radical (unpaired) electrons. The molecule has 0 fully saturated rings. The number of hydrogen-bond acceptors (Lipinski definition) is 10. The number of nitrogens with zero attached hydrogens (tertiary/aromatic N) is 5. The van der Waals surface area contributed by atoms with Crippen molar-refractivity contribution in [1.29, 1.82) is 0 Å². The van der Waals surface area contributed by atoms with Crippen LogP contribution in [0.1, 0.15) is 26.6 Å². The lowest BCUT2D eigenvalue weighted by atomic mass is 10.0. The summed E-state index contributed by atoms with van der Waals surface area (Å²) in [4.78, 5) is 34.6. The first-order valence-corrected chi connectivity index (χ1v) is 12.2. The van der Waals surface area contributed by atoms with E-state index in [1.807, 2.05) is 19.1 Å². The van der Waals surface area contributed by atoms with E-state index in [-0.39, 0.29) is 6.03 Å². The Morgan fingerprint density at radius 2 is 1.92 bits per heavy atom. The SMILES string of the molecule is CCNC(=O)Nc1nc2cc(-c3cnc(C(C)(C)O)nc3)cc(-c3nccc(NCCOC)n3)c2s1. The Kier molecular flexibility index (Phi) is 7.67. The van der Waals surface area contributed by atoms with Gasteiger partial charge in [0.1, 0.15) is 11.4 Å². The molecule has 1 aromatic carbocycles. The molecule has 4 N–H and O–H groups in total. The Morgan fingerprint density at radius 3 is 2.61 bits per heavy atom. The highest BCUT2D eigenvalue weighted by molar-refractivity contribution is 7.22. The van der Waals surface area contributed by atoms with Gasteiger partial charge in [-0.25, -0.2) is 29.7 Å². The fourth-order valence-electron chi connectivity index (χ4n) is 3.38. The van der Waals surface area contributed by atoms with E-state index in [9.17, 15) is 9.90 Å². The molecule has 11 nitrogen and oxygen atoms in total. The van der Waals surface area contributed by atoms with Crippen LogP contribution in [0, 0.1) is 0 Å². The molecule has 0 aliphatic rings. The molecule has 188 valence electrons. The summed E-state index contributed by atoms with van der Waals surface area (Å²) in [5, 5.41) is 19.4. The van der Waals surface area contributed by atoms with Crippen LogP contribution in [0.15, 0.2) is 36.8 Å². The summed E-state index contributed by atoms with van der Waals surface area (Å²) >= 11 is 1.34. The van der Waals surface area contributed by atoms with Crippen LogP contribution in [0.25, 0.3) is 32.7 Å². The van der Waals surface area contributed by atoms with Crippen LogP contribution < -0.4 is 16.0 Å². The third kappa shape index (κ3) is 5.90. The van der Waals surface area contributed by atoms with Gasteiger partial charge in [0.05, 0.1) is 16.8 Å². The maximum atomic E-state index is 12.1. The molecular weight excluding hydrogens is 480 g/mol. The van der Waals surface area contributed by atoms with Gasteiger partial charge in [-0.2, -0.15) is 0 Å². The number of aromatic nitrogens is 5. The van der Waals surface area contributed by atoms with Gasteiger partial charge in [0.15, 0.2) is 16.8 Å². The number of amides is 2. The molecule has 4 aromatic rings. The lowest BCUT2D eigenvalue weighted by Crippen LogP contribution is -2.28. The predicted octanol–water partition coefficient (Wildman–Crippen LogP) is 3.64. The quantitative estimate of drug-likeness (QED) is 0.249. The van der Waals surface area contributed by atoms with E-state index >= 15 is 0 Å². The van der Waals surface area contributed by atoms with Crippen molar-refractivity contribution in [1.82, 2.24) is 30.2 Å². The van der Waals surface area contributed by atoms with Crippen molar-refractivity contribution in [2.24, 2.45) is 0 Å². The molecule has 36 heavy (non-hydrogen) atoms. The minimum atomic E-state index is -1.15. The van der Waals surface area contributed by atoms with Crippen LogP contribution in [0.2, 0.25) is 0 Å². The molecule has 0 spiro atoms. The van der Waals surface area contributed by atoms with Gasteiger partial charge in [-0.15, -0.1) is 0 Å². The number of benzene rings is 1. The molecular formula is C24H28N8O3S. The summed E-state index contributed by atoms with van der Waals surface area (Å²) in [6.07, 6.45) is 5.01. The normalized spacial score (nSPS) is 11.5. The molecule has 0 aliphatic carbocycles. The number of rotatable bonds is 9. The molecule has 3 aromatic heterocycles. The van der Waals surface area contributed by atoms with Crippen LogP contribution in [0.4, 0.5) is 15.7 Å². The molecule has 12 heteroatoms. The first kappa shape index (κ1) is 25.4. The Bertz CT molecular complexity index is 1350. The number of methoxy groups -OCH3 is 1. The highest BCUT2D eigenvalue weighted by Gasteiger charge is 2.20. The van der Waals surface area contributed by atoms with Gasteiger partial charge < -0.3 is 20.5 Å². The fourth-order valence-corrected chi connectivity index (χ4v) is 4.33. The maximum absolute atomic E-state index is 12.1. The number of hydrogen-bond donors (Lipinski definition) is 4. The van der Waals surface area contributed by atoms with E-state index < -0.39 is 5.60 Å². The third-order valence-electron chi connectivity index (χ3n) is 5.09. The highest BCUT2D eigenvalue weighted by atomic mass is 32.1. The number of urea groups is 1. The van der Waals surface area contributed by atoms with Gasteiger partial charge in [-0.1, -0.05) is 11.3 Å². The predicted molar refractivity (Wildman–Crippen MR) is 140 cm³/mol. The zero-order chi connectivity index (χ0) is 25.7. The second-order valence-electron chi connectivity index (χ2n) is 8.41. The Morgan fingerprint density at radius 1 is 1.14 bits per heavy atom. The molecule has 0 bridgehead atoms. The van der Waals surface area contributed by atoms with Crippen molar-refractivity contribution in [3.63, 3.8) is 0 Å². The number of thiazole rings is 1.